The minimum Gasteiger partial charge on any atom is -0.493 e. The summed E-state index contributed by atoms with van der Waals surface area (Å²) in [5.41, 5.74) is 1.29. The standard InChI is InChI=1S/C18H22N2O5S/c1-12(13-9-10-16(24-2)17(11-13)25-3)19-18(21)14-7-5-6-8-15(14)20-26(4,22)23/h5-12,20H,1-4H3,(H,19,21)/t12-/m1/s1. The molecule has 0 aromatic heterocycles. The van der Waals surface area contributed by atoms with Crippen molar-refractivity contribution in [3.8, 4) is 11.5 Å². The molecule has 2 N–H and O–H groups in total. The monoisotopic (exact) mass is 378 g/mol. The molecule has 26 heavy (non-hydrogen) atoms. The van der Waals surface area contributed by atoms with Crippen LogP contribution in [0.1, 0.15) is 28.9 Å². The molecular formula is C18H22N2O5S. The Bertz CT molecular complexity index is 896. The zero-order valence-corrected chi connectivity index (χ0v) is 15.9. The largest absolute Gasteiger partial charge is 0.493 e. The zero-order chi connectivity index (χ0) is 19.3. The van der Waals surface area contributed by atoms with Gasteiger partial charge < -0.3 is 14.8 Å². The number of sulfonamides is 1. The molecule has 0 radical (unpaired) electrons. The maximum Gasteiger partial charge on any atom is 0.253 e. The number of carbonyl (C=O) groups is 1. The highest BCUT2D eigenvalue weighted by atomic mass is 32.2. The summed E-state index contributed by atoms with van der Waals surface area (Å²) in [7, 11) is -0.401. The molecule has 0 saturated carbocycles. The molecule has 0 aliphatic carbocycles. The number of amides is 1. The first-order valence-electron chi connectivity index (χ1n) is 7.84. The van der Waals surface area contributed by atoms with Crippen molar-refractivity contribution in [3.05, 3.63) is 53.6 Å². The fourth-order valence-electron chi connectivity index (χ4n) is 2.45. The van der Waals surface area contributed by atoms with Crippen molar-refractivity contribution in [3.63, 3.8) is 0 Å². The zero-order valence-electron chi connectivity index (χ0n) is 15.1. The van der Waals surface area contributed by atoms with Crippen molar-refractivity contribution in [2.24, 2.45) is 0 Å². The Kier molecular flexibility index (Phi) is 6.10. The van der Waals surface area contributed by atoms with Crippen molar-refractivity contribution >= 4 is 21.6 Å². The average molecular weight is 378 g/mol. The van der Waals surface area contributed by atoms with Gasteiger partial charge in [-0.2, -0.15) is 0 Å². The van der Waals surface area contributed by atoms with Crippen molar-refractivity contribution < 1.29 is 22.7 Å². The smallest absolute Gasteiger partial charge is 0.253 e. The van der Waals surface area contributed by atoms with E-state index in [4.69, 9.17) is 9.47 Å². The van der Waals surface area contributed by atoms with Crippen LogP contribution in [-0.4, -0.2) is 34.8 Å². The minimum atomic E-state index is -3.49. The molecule has 0 saturated heterocycles. The van der Waals surface area contributed by atoms with E-state index in [9.17, 15) is 13.2 Å². The van der Waals surface area contributed by atoms with Crippen LogP contribution in [0.4, 0.5) is 5.69 Å². The van der Waals surface area contributed by atoms with E-state index in [2.05, 4.69) is 10.0 Å². The van der Waals surface area contributed by atoms with Gasteiger partial charge in [-0.3, -0.25) is 9.52 Å². The van der Waals surface area contributed by atoms with E-state index in [-0.39, 0.29) is 23.2 Å². The van der Waals surface area contributed by atoms with Gasteiger partial charge in [-0.15, -0.1) is 0 Å². The first-order valence-corrected chi connectivity index (χ1v) is 9.74. The van der Waals surface area contributed by atoms with Gasteiger partial charge in [0.1, 0.15) is 0 Å². The molecule has 1 amide bonds. The summed E-state index contributed by atoms with van der Waals surface area (Å²) in [5.74, 6) is 0.766. The maximum absolute atomic E-state index is 12.6. The summed E-state index contributed by atoms with van der Waals surface area (Å²) in [6.07, 6.45) is 1.04. The number of anilines is 1. The minimum absolute atomic E-state index is 0.229. The van der Waals surface area contributed by atoms with E-state index in [0.717, 1.165) is 11.8 Å². The van der Waals surface area contributed by atoms with Crippen LogP contribution in [-0.2, 0) is 10.0 Å². The van der Waals surface area contributed by atoms with Crippen molar-refractivity contribution in [1.29, 1.82) is 0 Å². The van der Waals surface area contributed by atoms with Crippen molar-refractivity contribution in [2.45, 2.75) is 13.0 Å². The van der Waals surface area contributed by atoms with Crippen LogP contribution in [0.2, 0.25) is 0 Å². The van der Waals surface area contributed by atoms with Gasteiger partial charge in [-0.25, -0.2) is 8.42 Å². The second-order valence-electron chi connectivity index (χ2n) is 5.73. The SMILES string of the molecule is COc1ccc([C@@H](C)NC(=O)c2ccccc2NS(C)(=O)=O)cc1OC. The van der Waals surface area contributed by atoms with Crippen LogP contribution in [0.5, 0.6) is 11.5 Å². The van der Waals surface area contributed by atoms with Gasteiger partial charge in [-0.05, 0) is 36.8 Å². The second kappa shape index (κ2) is 8.09. The van der Waals surface area contributed by atoms with Crippen LogP contribution >= 0.6 is 0 Å². The van der Waals surface area contributed by atoms with Crippen LogP contribution < -0.4 is 19.5 Å². The molecule has 1 atom stereocenters. The van der Waals surface area contributed by atoms with Crippen LogP contribution in [0.25, 0.3) is 0 Å². The summed E-state index contributed by atoms with van der Waals surface area (Å²) in [6, 6.07) is 11.5. The first kappa shape index (κ1) is 19.6. The van der Waals surface area contributed by atoms with Gasteiger partial charge in [0.25, 0.3) is 5.91 Å². The highest BCUT2D eigenvalue weighted by molar-refractivity contribution is 7.92. The highest BCUT2D eigenvalue weighted by Crippen LogP contribution is 2.30. The van der Waals surface area contributed by atoms with Gasteiger partial charge in [0, 0.05) is 0 Å². The van der Waals surface area contributed by atoms with E-state index in [1.165, 1.54) is 13.2 Å². The number of benzene rings is 2. The molecule has 0 spiro atoms. The number of nitrogens with one attached hydrogen (secondary N) is 2. The van der Waals surface area contributed by atoms with Crippen molar-refractivity contribution in [1.82, 2.24) is 5.32 Å². The van der Waals surface area contributed by atoms with Gasteiger partial charge in [0.05, 0.1) is 37.8 Å². The molecule has 2 aromatic carbocycles. The molecule has 7 nitrogen and oxygen atoms in total. The third kappa shape index (κ3) is 4.89. The summed E-state index contributed by atoms with van der Waals surface area (Å²) >= 11 is 0. The third-order valence-corrected chi connectivity index (χ3v) is 4.31. The predicted molar refractivity (Wildman–Crippen MR) is 100 cm³/mol. The molecule has 0 aliphatic heterocycles. The van der Waals surface area contributed by atoms with Gasteiger partial charge in [0.15, 0.2) is 11.5 Å². The van der Waals surface area contributed by atoms with Gasteiger partial charge in [0.2, 0.25) is 10.0 Å². The number of hydrogen-bond acceptors (Lipinski definition) is 5. The Morgan fingerprint density at radius 3 is 2.31 bits per heavy atom. The van der Waals surface area contributed by atoms with E-state index in [0.29, 0.717) is 11.5 Å². The fraction of sp³-hybridized carbons (Fsp3) is 0.278. The second-order valence-corrected chi connectivity index (χ2v) is 7.48. The van der Waals surface area contributed by atoms with Crippen LogP contribution in [0.3, 0.4) is 0 Å². The Morgan fingerprint density at radius 2 is 1.69 bits per heavy atom. The molecule has 0 fully saturated rings. The summed E-state index contributed by atoms with van der Waals surface area (Å²) < 4.78 is 35.8. The van der Waals surface area contributed by atoms with Crippen molar-refractivity contribution in [2.75, 3.05) is 25.2 Å². The molecule has 140 valence electrons. The molecule has 0 heterocycles. The Hall–Kier alpha value is -2.74. The van der Waals surface area contributed by atoms with E-state index in [1.54, 1.807) is 37.4 Å². The molecular weight excluding hydrogens is 356 g/mol. The van der Waals surface area contributed by atoms with E-state index < -0.39 is 10.0 Å². The maximum atomic E-state index is 12.6. The fourth-order valence-corrected chi connectivity index (χ4v) is 3.03. The molecule has 0 aliphatic rings. The third-order valence-electron chi connectivity index (χ3n) is 3.72. The summed E-state index contributed by atoms with van der Waals surface area (Å²) in [5, 5.41) is 2.86. The van der Waals surface area contributed by atoms with E-state index >= 15 is 0 Å². The highest BCUT2D eigenvalue weighted by Gasteiger charge is 2.17. The topological polar surface area (TPSA) is 93.7 Å². The number of para-hydroxylation sites is 1. The molecule has 8 heteroatoms. The Labute approximate surface area is 153 Å². The summed E-state index contributed by atoms with van der Waals surface area (Å²) in [6.45, 7) is 1.83. The van der Waals surface area contributed by atoms with Crippen LogP contribution in [0, 0.1) is 0 Å². The molecule has 2 aromatic rings. The summed E-state index contributed by atoms with van der Waals surface area (Å²) in [4.78, 5) is 12.6. The quantitative estimate of drug-likeness (QED) is 0.772. The average Bonchev–Trinajstić information content (AvgIpc) is 2.60. The predicted octanol–water partition coefficient (Wildman–Crippen LogP) is 2.57. The molecule has 0 unspecified atom stereocenters. The number of hydrogen-bond donors (Lipinski definition) is 2. The van der Waals surface area contributed by atoms with Crippen LogP contribution in [0.15, 0.2) is 42.5 Å². The number of carbonyl (C=O) groups excluding carboxylic acids is 1. The number of rotatable bonds is 7. The molecule has 0 bridgehead atoms. The molecule has 2 rings (SSSR count). The lowest BCUT2D eigenvalue weighted by atomic mass is 10.1. The number of ether oxygens (including phenoxy) is 2. The number of methoxy groups -OCH3 is 2. The van der Waals surface area contributed by atoms with Gasteiger partial charge >= 0.3 is 0 Å². The Balaban J connectivity index is 2.22. The lowest BCUT2D eigenvalue weighted by molar-refractivity contribution is 0.0940. The Morgan fingerprint density at radius 1 is 1.04 bits per heavy atom. The normalized spacial score (nSPS) is 12.2. The van der Waals surface area contributed by atoms with E-state index in [1.807, 2.05) is 13.0 Å². The lowest BCUT2D eigenvalue weighted by Gasteiger charge is -2.18. The lowest BCUT2D eigenvalue weighted by Crippen LogP contribution is -2.28. The van der Waals surface area contributed by atoms with Gasteiger partial charge in [-0.1, -0.05) is 18.2 Å². The first-order chi connectivity index (χ1) is 12.2.